The summed E-state index contributed by atoms with van der Waals surface area (Å²) in [6.07, 6.45) is 4.36. The topological polar surface area (TPSA) is 116 Å². The summed E-state index contributed by atoms with van der Waals surface area (Å²) in [5, 5.41) is 13.1. The number of nitrogens with one attached hydrogen (secondary N) is 3. The van der Waals surface area contributed by atoms with E-state index in [0.717, 1.165) is 41.0 Å². The van der Waals surface area contributed by atoms with Crippen molar-refractivity contribution in [1.29, 1.82) is 0 Å². The van der Waals surface area contributed by atoms with Crippen LogP contribution in [-0.2, 0) is 4.79 Å². The van der Waals surface area contributed by atoms with Crippen molar-refractivity contribution in [3.63, 3.8) is 0 Å². The summed E-state index contributed by atoms with van der Waals surface area (Å²) in [5.41, 5.74) is 4.09. The van der Waals surface area contributed by atoms with Crippen LogP contribution in [0.4, 0.5) is 5.69 Å². The standard InChI is InChI=1S/C20H22N2O5.C4H11N.C3H6O.C2H7N/c1-21-15-8-12(6-7-16(15)23-2)14-11-27-22-19(14)13-9-17(24-3)20(26-5)18(10-13)25-4;1-3-4-5-2;1-2-3-4;1-3-2/h6-11,21H,1-5H3;5H,3-4H2,1-2H3;3H,2H2,1H3;3H,1-2H3. The fourth-order valence-corrected chi connectivity index (χ4v) is 3.19. The molecule has 0 bridgehead atoms. The largest absolute Gasteiger partial charge is 0.495 e. The number of carbonyl (C=O) groups excluding carboxylic acids is 1. The van der Waals surface area contributed by atoms with Gasteiger partial charge in [0.15, 0.2) is 11.5 Å². The van der Waals surface area contributed by atoms with Gasteiger partial charge in [-0.25, -0.2) is 0 Å². The van der Waals surface area contributed by atoms with Gasteiger partial charge < -0.3 is 44.2 Å². The molecule has 0 saturated heterocycles. The fourth-order valence-electron chi connectivity index (χ4n) is 3.19. The average molecular weight is 547 g/mol. The lowest BCUT2D eigenvalue weighted by atomic mass is 10.0. The zero-order chi connectivity index (χ0) is 29.6. The quantitative estimate of drug-likeness (QED) is 0.296. The molecule has 0 fully saturated rings. The molecule has 0 aliphatic heterocycles. The predicted molar refractivity (Wildman–Crippen MR) is 159 cm³/mol. The van der Waals surface area contributed by atoms with Gasteiger partial charge in [0, 0.05) is 24.6 Å². The van der Waals surface area contributed by atoms with Crippen LogP contribution >= 0.6 is 0 Å². The van der Waals surface area contributed by atoms with Gasteiger partial charge in [-0.3, -0.25) is 0 Å². The molecule has 1 heterocycles. The summed E-state index contributed by atoms with van der Waals surface area (Å²) in [6, 6.07) is 9.50. The molecule has 0 atom stereocenters. The summed E-state index contributed by atoms with van der Waals surface area (Å²) >= 11 is 0. The zero-order valence-electron chi connectivity index (χ0n) is 25.1. The molecule has 0 unspecified atom stereocenters. The lowest BCUT2D eigenvalue weighted by molar-refractivity contribution is -0.107. The summed E-state index contributed by atoms with van der Waals surface area (Å²) in [5.74, 6) is 2.38. The highest BCUT2D eigenvalue weighted by Crippen LogP contribution is 2.43. The van der Waals surface area contributed by atoms with Gasteiger partial charge in [-0.2, -0.15) is 0 Å². The second-order valence-electron chi connectivity index (χ2n) is 7.83. The van der Waals surface area contributed by atoms with Gasteiger partial charge in [-0.05, 0) is 63.9 Å². The zero-order valence-corrected chi connectivity index (χ0v) is 25.1. The number of aldehydes is 1. The Morgan fingerprint density at radius 1 is 0.846 bits per heavy atom. The van der Waals surface area contributed by atoms with Gasteiger partial charge >= 0.3 is 0 Å². The van der Waals surface area contributed by atoms with Crippen molar-refractivity contribution in [3.05, 3.63) is 36.6 Å². The molecule has 1 aromatic heterocycles. The number of hydrogen-bond donors (Lipinski definition) is 3. The molecule has 39 heavy (non-hydrogen) atoms. The molecule has 0 spiro atoms. The van der Waals surface area contributed by atoms with Gasteiger partial charge in [0.05, 0.1) is 34.1 Å². The van der Waals surface area contributed by atoms with Crippen molar-refractivity contribution in [2.24, 2.45) is 0 Å². The highest BCUT2D eigenvalue weighted by Gasteiger charge is 2.19. The lowest BCUT2D eigenvalue weighted by Crippen LogP contribution is -2.04. The van der Waals surface area contributed by atoms with Crippen LogP contribution in [0.25, 0.3) is 22.4 Å². The third kappa shape index (κ3) is 11.3. The van der Waals surface area contributed by atoms with Crippen molar-refractivity contribution in [1.82, 2.24) is 15.8 Å². The summed E-state index contributed by atoms with van der Waals surface area (Å²) < 4.78 is 26.9. The van der Waals surface area contributed by atoms with Gasteiger partial charge in [-0.1, -0.05) is 25.1 Å². The molecule has 0 saturated carbocycles. The maximum absolute atomic E-state index is 9.17. The summed E-state index contributed by atoms with van der Waals surface area (Å²) in [4.78, 5) is 9.17. The minimum Gasteiger partial charge on any atom is -0.495 e. The molecule has 0 radical (unpaired) electrons. The third-order valence-corrected chi connectivity index (χ3v) is 4.95. The summed E-state index contributed by atoms with van der Waals surface area (Å²) in [6.45, 7) is 5.10. The first-order chi connectivity index (χ1) is 18.9. The SMILES string of the molecule is CCC=O.CCCNC.CNC.CNc1cc(-c2conc2-c2cc(OC)c(OC)c(OC)c2)ccc1OC. The highest BCUT2D eigenvalue weighted by molar-refractivity contribution is 5.84. The maximum atomic E-state index is 9.17. The minimum atomic E-state index is 0.524. The molecule has 0 aliphatic carbocycles. The van der Waals surface area contributed by atoms with Crippen molar-refractivity contribution < 1.29 is 28.3 Å². The lowest BCUT2D eigenvalue weighted by Gasteiger charge is -2.14. The smallest absolute Gasteiger partial charge is 0.203 e. The molecule has 0 amide bonds. The van der Waals surface area contributed by atoms with E-state index in [-0.39, 0.29) is 0 Å². The van der Waals surface area contributed by atoms with E-state index in [1.165, 1.54) is 6.42 Å². The number of rotatable bonds is 10. The molecule has 3 rings (SSSR count). The van der Waals surface area contributed by atoms with Crippen LogP contribution in [0.3, 0.4) is 0 Å². The van der Waals surface area contributed by atoms with Crippen molar-refractivity contribution in [2.45, 2.75) is 26.7 Å². The van der Waals surface area contributed by atoms with E-state index in [2.05, 4.69) is 28.0 Å². The molecule has 10 heteroatoms. The number of anilines is 1. The highest BCUT2D eigenvalue weighted by atomic mass is 16.5. The number of ether oxygens (including phenoxy) is 4. The van der Waals surface area contributed by atoms with E-state index in [4.69, 9.17) is 23.5 Å². The number of benzene rings is 2. The Labute approximate surface area is 233 Å². The Hall–Kier alpha value is -3.76. The van der Waals surface area contributed by atoms with E-state index in [9.17, 15) is 4.79 Å². The molecule has 3 N–H and O–H groups in total. The van der Waals surface area contributed by atoms with Crippen LogP contribution < -0.4 is 34.9 Å². The minimum absolute atomic E-state index is 0.524. The molecular weight excluding hydrogens is 500 g/mol. The van der Waals surface area contributed by atoms with E-state index >= 15 is 0 Å². The average Bonchev–Trinajstić information content (AvgIpc) is 3.47. The van der Waals surface area contributed by atoms with Gasteiger partial charge in [0.25, 0.3) is 0 Å². The Balaban J connectivity index is 0.00000102. The van der Waals surface area contributed by atoms with Gasteiger partial charge in [0.1, 0.15) is 24.0 Å². The number of hydrogen-bond acceptors (Lipinski definition) is 10. The normalized spacial score (nSPS) is 9.38. The first kappa shape index (κ1) is 35.2. The van der Waals surface area contributed by atoms with Crippen LogP contribution in [0.5, 0.6) is 23.0 Å². The van der Waals surface area contributed by atoms with E-state index in [1.54, 1.807) is 34.7 Å². The van der Waals surface area contributed by atoms with Crippen molar-refractivity contribution in [2.75, 3.05) is 68.5 Å². The molecular formula is C29H46N4O6. The van der Waals surface area contributed by atoms with Crippen molar-refractivity contribution in [3.8, 4) is 45.4 Å². The number of aromatic nitrogens is 1. The second kappa shape index (κ2) is 21.2. The maximum Gasteiger partial charge on any atom is 0.203 e. The molecule has 2 aromatic carbocycles. The van der Waals surface area contributed by atoms with Gasteiger partial charge in [-0.15, -0.1) is 0 Å². The monoisotopic (exact) mass is 546 g/mol. The van der Waals surface area contributed by atoms with Crippen LogP contribution in [0, 0.1) is 0 Å². The molecule has 3 aromatic rings. The predicted octanol–water partition coefficient (Wildman–Crippen LogP) is 5.13. The Morgan fingerprint density at radius 3 is 1.79 bits per heavy atom. The first-order valence-corrected chi connectivity index (χ1v) is 12.7. The van der Waals surface area contributed by atoms with E-state index in [0.29, 0.717) is 29.4 Å². The third-order valence-electron chi connectivity index (χ3n) is 4.95. The van der Waals surface area contributed by atoms with Crippen LogP contribution in [0.2, 0.25) is 0 Å². The Morgan fingerprint density at radius 2 is 1.41 bits per heavy atom. The van der Waals surface area contributed by atoms with Crippen LogP contribution in [-0.4, -0.2) is 74.6 Å². The van der Waals surface area contributed by atoms with Gasteiger partial charge in [0.2, 0.25) is 5.75 Å². The van der Waals surface area contributed by atoms with Crippen LogP contribution in [0.1, 0.15) is 26.7 Å². The Bertz CT molecular complexity index is 1040. The molecule has 0 aliphatic rings. The Kier molecular flexibility index (Phi) is 19.2. The number of nitrogens with zero attached hydrogens (tertiary/aromatic N) is 1. The molecule has 218 valence electrons. The molecule has 10 nitrogen and oxygen atoms in total. The number of methoxy groups -OCH3 is 4. The second-order valence-corrected chi connectivity index (χ2v) is 7.83. The van der Waals surface area contributed by atoms with E-state index < -0.39 is 0 Å². The van der Waals surface area contributed by atoms with Crippen LogP contribution in [0.15, 0.2) is 41.1 Å². The number of carbonyl (C=O) groups is 1. The fraction of sp³-hybridized carbons (Fsp3) is 0.448. The summed E-state index contributed by atoms with van der Waals surface area (Å²) in [7, 11) is 13.9. The first-order valence-electron chi connectivity index (χ1n) is 12.7. The van der Waals surface area contributed by atoms with Crippen molar-refractivity contribution >= 4 is 12.0 Å². The van der Waals surface area contributed by atoms with E-state index in [1.807, 2.05) is 65.4 Å².